The largest absolute Gasteiger partial charge is 0.385 e. The van der Waals surface area contributed by atoms with Crippen LogP contribution in [-0.4, -0.2) is 10.1 Å². The summed E-state index contributed by atoms with van der Waals surface area (Å²) in [5, 5.41) is 12.8. The number of hydrogen-bond donors (Lipinski definition) is 1. The molecule has 1 heterocycles. The Morgan fingerprint density at radius 3 is 2.71 bits per heavy atom. The molecule has 2 aromatic carbocycles. The van der Waals surface area contributed by atoms with E-state index >= 15 is 0 Å². The van der Waals surface area contributed by atoms with Crippen molar-refractivity contribution in [3.05, 3.63) is 77.9 Å². The first kappa shape index (κ1) is 13.7. The highest BCUT2D eigenvalue weighted by molar-refractivity contribution is 5.85. The molecule has 106 valence electrons. The molecule has 3 rings (SSSR count). The van der Waals surface area contributed by atoms with Crippen LogP contribution in [0.5, 0.6) is 0 Å². The number of pyridine rings is 1. The van der Waals surface area contributed by atoms with Crippen molar-refractivity contribution in [2.24, 2.45) is 0 Å². The first-order chi connectivity index (χ1) is 10.1. The molecule has 3 heteroatoms. The zero-order chi connectivity index (χ0) is 14.9. The number of rotatable bonds is 3. The van der Waals surface area contributed by atoms with E-state index in [0.29, 0.717) is 5.56 Å². The van der Waals surface area contributed by atoms with E-state index in [1.165, 1.54) is 6.07 Å². The molecule has 0 amide bonds. The highest BCUT2D eigenvalue weighted by Gasteiger charge is 2.26. The topological polar surface area (TPSA) is 33.1 Å². The van der Waals surface area contributed by atoms with Crippen LogP contribution in [0.4, 0.5) is 4.39 Å². The molecule has 1 N–H and O–H groups in total. The maximum absolute atomic E-state index is 13.8. The number of fused-ring (bicyclic) bond motifs is 1. The molecule has 0 saturated heterocycles. The summed E-state index contributed by atoms with van der Waals surface area (Å²) in [7, 11) is 0. The van der Waals surface area contributed by atoms with Gasteiger partial charge in [0.1, 0.15) is 5.82 Å². The minimum atomic E-state index is -1.16. The molecule has 1 unspecified atom stereocenters. The highest BCUT2D eigenvalue weighted by atomic mass is 19.1. The SMILES string of the molecule is CC(O)(Cc1ccccc1F)c1cccc2ccncc12. The summed E-state index contributed by atoms with van der Waals surface area (Å²) in [6, 6.07) is 14.2. The van der Waals surface area contributed by atoms with Gasteiger partial charge in [-0.1, -0.05) is 36.4 Å². The van der Waals surface area contributed by atoms with Gasteiger partial charge in [-0.25, -0.2) is 4.39 Å². The molecular formula is C18H16FNO. The van der Waals surface area contributed by atoms with Gasteiger partial charge in [0.05, 0.1) is 5.60 Å². The summed E-state index contributed by atoms with van der Waals surface area (Å²) in [5.41, 5.74) is 0.102. The van der Waals surface area contributed by atoms with E-state index in [0.717, 1.165) is 16.3 Å². The molecule has 0 bridgehead atoms. The smallest absolute Gasteiger partial charge is 0.126 e. The number of aliphatic hydroxyl groups is 1. The first-order valence-corrected chi connectivity index (χ1v) is 6.87. The fraction of sp³-hybridized carbons (Fsp3) is 0.167. The lowest BCUT2D eigenvalue weighted by Gasteiger charge is -2.25. The van der Waals surface area contributed by atoms with Crippen LogP contribution in [0.3, 0.4) is 0 Å². The maximum Gasteiger partial charge on any atom is 0.126 e. The molecule has 0 aliphatic rings. The second-order valence-corrected chi connectivity index (χ2v) is 5.44. The van der Waals surface area contributed by atoms with Crippen LogP contribution in [-0.2, 0) is 12.0 Å². The van der Waals surface area contributed by atoms with Crippen molar-refractivity contribution in [2.75, 3.05) is 0 Å². The highest BCUT2D eigenvalue weighted by Crippen LogP contribution is 2.31. The molecule has 21 heavy (non-hydrogen) atoms. The maximum atomic E-state index is 13.8. The molecule has 0 spiro atoms. The summed E-state index contributed by atoms with van der Waals surface area (Å²) in [5.74, 6) is -0.295. The fourth-order valence-corrected chi connectivity index (χ4v) is 2.69. The van der Waals surface area contributed by atoms with Gasteiger partial charge in [-0.3, -0.25) is 4.98 Å². The van der Waals surface area contributed by atoms with Gasteiger partial charge in [-0.2, -0.15) is 0 Å². The molecule has 0 fully saturated rings. The second kappa shape index (κ2) is 5.26. The Labute approximate surface area is 122 Å². The Morgan fingerprint density at radius 1 is 1.10 bits per heavy atom. The van der Waals surface area contributed by atoms with Crippen LogP contribution in [0.2, 0.25) is 0 Å². The summed E-state index contributed by atoms with van der Waals surface area (Å²) >= 11 is 0. The van der Waals surface area contributed by atoms with Crippen molar-refractivity contribution >= 4 is 10.8 Å². The molecule has 1 atom stereocenters. The van der Waals surface area contributed by atoms with Crippen LogP contribution in [0.25, 0.3) is 10.8 Å². The van der Waals surface area contributed by atoms with E-state index in [4.69, 9.17) is 0 Å². The third-order valence-electron chi connectivity index (χ3n) is 3.76. The van der Waals surface area contributed by atoms with Crippen molar-refractivity contribution in [3.63, 3.8) is 0 Å². The standard InChI is InChI=1S/C18H16FNO/c1-18(21,11-14-5-2-3-8-17(14)19)16-7-4-6-13-9-10-20-12-15(13)16/h2-10,12,21H,11H2,1H3. The van der Waals surface area contributed by atoms with E-state index in [1.807, 2.05) is 24.3 Å². The van der Waals surface area contributed by atoms with Gasteiger partial charge < -0.3 is 5.11 Å². The van der Waals surface area contributed by atoms with Crippen molar-refractivity contribution in [2.45, 2.75) is 18.9 Å². The van der Waals surface area contributed by atoms with Gasteiger partial charge in [-0.15, -0.1) is 0 Å². The van der Waals surface area contributed by atoms with Gasteiger partial charge in [0.25, 0.3) is 0 Å². The van der Waals surface area contributed by atoms with Crippen molar-refractivity contribution in [3.8, 4) is 0 Å². The number of nitrogens with zero attached hydrogens (tertiary/aromatic N) is 1. The Bertz CT molecular complexity index is 778. The summed E-state index contributed by atoms with van der Waals surface area (Å²) < 4.78 is 13.8. The molecule has 0 aliphatic heterocycles. The predicted octanol–water partition coefficient (Wildman–Crippen LogP) is 3.82. The van der Waals surface area contributed by atoms with Gasteiger partial charge in [0.2, 0.25) is 0 Å². The van der Waals surface area contributed by atoms with E-state index in [9.17, 15) is 9.50 Å². The number of hydrogen-bond acceptors (Lipinski definition) is 2. The minimum Gasteiger partial charge on any atom is -0.385 e. The summed E-state index contributed by atoms with van der Waals surface area (Å²) in [4.78, 5) is 4.13. The molecule has 3 aromatic rings. The molecule has 0 saturated carbocycles. The summed E-state index contributed by atoms with van der Waals surface area (Å²) in [6.45, 7) is 1.71. The second-order valence-electron chi connectivity index (χ2n) is 5.44. The van der Waals surface area contributed by atoms with Crippen molar-refractivity contribution < 1.29 is 9.50 Å². The lowest BCUT2D eigenvalue weighted by molar-refractivity contribution is 0.0582. The van der Waals surface area contributed by atoms with E-state index in [1.54, 1.807) is 37.5 Å². The zero-order valence-electron chi connectivity index (χ0n) is 11.8. The number of halogens is 1. The van der Waals surface area contributed by atoms with Crippen LogP contribution >= 0.6 is 0 Å². The van der Waals surface area contributed by atoms with Crippen molar-refractivity contribution in [1.82, 2.24) is 4.98 Å². The van der Waals surface area contributed by atoms with Gasteiger partial charge in [0.15, 0.2) is 0 Å². The average Bonchev–Trinajstić information content (AvgIpc) is 2.49. The molecule has 0 aliphatic carbocycles. The number of aromatic nitrogens is 1. The predicted molar refractivity (Wildman–Crippen MR) is 81.4 cm³/mol. The van der Waals surface area contributed by atoms with Crippen LogP contribution in [0, 0.1) is 5.82 Å². The Morgan fingerprint density at radius 2 is 1.90 bits per heavy atom. The van der Waals surface area contributed by atoms with Crippen LogP contribution < -0.4 is 0 Å². The monoisotopic (exact) mass is 281 g/mol. The van der Waals surface area contributed by atoms with Gasteiger partial charge in [0, 0.05) is 24.2 Å². The average molecular weight is 281 g/mol. The van der Waals surface area contributed by atoms with Gasteiger partial charge in [-0.05, 0) is 35.6 Å². The normalized spacial score (nSPS) is 14.0. The summed E-state index contributed by atoms with van der Waals surface area (Å²) in [6.07, 6.45) is 3.67. The zero-order valence-corrected chi connectivity index (χ0v) is 11.8. The molecule has 1 aromatic heterocycles. The Balaban J connectivity index is 2.06. The van der Waals surface area contributed by atoms with E-state index < -0.39 is 5.60 Å². The van der Waals surface area contributed by atoms with Crippen LogP contribution in [0.1, 0.15) is 18.1 Å². The van der Waals surface area contributed by atoms with Crippen LogP contribution in [0.15, 0.2) is 60.9 Å². The lowest BCUT2D eigenvalue weighted by atomic mass is 9.86. The third kappa shape index (κ3) is 2.65. The Kier molecular flexibility index (Phi) is 3.43. The number of benzene rings is 2. The first-order valence-electron chi connectivity index (χ1n) is 6.87. The van der Waals surface area contributed by atoms with E-state index in [-0.39, 0.29) is 12.2 Å². The van der Waals surface area contributed by atoms with Crippen molar-refractivity contribution in [1.29, 1.82) is 0 Å². The Hall–Kier alpha value is -2.26. The van der Waals surface area contributed by atoms with E-state index in [2.05, 4.69) is 4.98 Å². The fourth-order valence-electron chi connectivity index (χ4n) is 2.69. The lowest BCUT2D eigenvalue weighted by Crippen LogP contribution is -2.25. The molecule has 0 radical (unpaired) electrons. The molecule has 2 nitrogen and oxygen atoms in total. The minimum absolute atomic E-state index is 0.216. The van der Waals surface area contributed by atoms with Gasteiger partial charge >= 0.3 is 0 Å². The third-order valence-corrected chi connectivity index (χ3v) is 3.76. The molecular weight excluding hydrogens is 265 g/mol. The quantitative estimate of drug-likeness (QED) is 0.791.